The lowest BCUT2D eigenvalue weighted by Gasteiger charge is -2.30. The van der Waals surface area contributed by atoms with Crippen molar-refractivity contribution in [3.63, 3.8) is 0 Å². The van der Waals surface area contributed by atoms with Gasteiger partial charge in [0.25, 0.3) is 0 Å². The Bertz CT molecular complexity index is 93.7. The van der Waals surface area contributed by atoms with Crippen LogP contribution in [0.5, 0.6) is 0 Å². The quantitative estimate of drug-likeness (QED) is 0.570. The first-order valence-corrected chi connectivity index (χ1v) is 4.73. The van der Waals surface area contributed by atoms with Gasteiger partial charge in [-0.2, -0.15) is 0 Å². The van der Waals surface area contributed by atoms with Gasteiger partial charge in [-0.05, 0) is 12.8 Å². The second kappa shape index (κ2) is 4.73. The van der Waals surface area contributed by atoms with Crippen LogP contribution in [-0.4, -0.2) is 37.2 Å². The van der Waals surface area contributed by atoms with Gasteiger partial charge in [0, 0.05) is 27.2 Å². The van der Waals surface area contributed by atoms with E-state index in [1.54, 1.807) is 0 Å². The molecule has 0 bridgehead atoms. The molecule has 1 aliphatic rings. The maximum Gasteiger partial charge on any atom is 0.0133 e. The Morgan fingerprint density at radius 1 is 0.818 bits per heavy atom. The highest BCUT2D eigenvalue weighted by Crippen LogP contribution is 2.10. The summed E-state index contributed by atoms with van der Waals surface area (Å²) >= 11 is 0. The first-order valence-electron chi connectivity index (χ1n) is 4.73. The van der Waals surface area contributed by atoms with Crippen molar-refractivity contribution in [2.45, 2.75) is 32.1 Å². The number of hydrazine groups is 1. The predicted octanol–water partition coefficient (Wildman–Crippen LogP) is 1.73. The third-order valence-corrected chi connectivity index (χ3v) is 2.40. The molecule has 1 fully saturated rings. The SMILES string of the molecule is CN(C)N1CCCCCCC1. The monoisotopic (exact) mass is 156 g/mol. The first kappa shape index (κ1) is 9.01. The molecule has 66 valence electrons. The lowest BCUT2D eigenvalue weighted by atomic mass is 10.1. The van der Waals surface area contributed by atoms with Gasteiger partial charge in [0.2, 0.25) is 0 Å². The van der Waals surface area contributed by atoms with Crippen molar-refractivity contribution in [1.82, 2.24) is 10.0 Å². The molecule has 2 nitrogen and oxygen atoms in total. The maximum absolute atomic E-state index is 2.44. The van der Waals surface area contributed by atoms with Crippen molar-refractivity contribution < 1.29 is 0 Å². The molecule has 0 aromatic rings. The summed E-state index contributed by atoms with van der Waals surface area (Å²) in [7, 11) is 4.28. The summed E-state index contributed by atoms with van der Waals surface area (Å²) in [5, 5.41) is 4.67. The standard InChI is InChI=1S/C9H20N2/c1-10(2)11-8-6-4-3-5-7-9-11/h3-9H2,1-2H3. The zero-order valence-electron chi connectivity index (χ0n) is 7.84. The van der Waals surface area contributed by atoms with Gasteiger partial charge < -0.3 is 0 Å². The Hall–Kier alpha value is -0.0800. The molecule has 1 saturated heterocycles. The van der Waals surface area contributed by atoms with Crippen molar-refractivity contribution in [3.8, 4) is 0 Å². The van der Waals surface area contributed by atoms with Crippen LogP contribution in [0.2, 0.25) is 0 Å². The molecule has 1 aliphatic heterocycles. The van der Waals surface area contributed by atoms with E-state index in [9.17, 15) is 0 Å². The minimum absolute atomic E-state index is 1.26. The molecule has 0 aromatic heterocycles. The highest BCUT2D eigenvalue weighted by atomic mass is 15.6. The zero-order chi connectivity index (χ0) is 8.10. The van der Waals surface area contributed by atoms with Gasteiger partial charge in [0.1, 0.15) is 0 Å². The van der Waals surface area contributed by atoms with Crippen LogP contribution in [0.4, 0.5) is 0 Å². The van der Waals surface area contributed by atoms with Crippen LogP contribution in [0.1, 0.15) is 32.1 Å². The molecule has 1 rings (SSSR count). The molecule has 0 spiro atoms. The third kappa shape index (κ3) is 3.21. The van der Waals surface area contributed by atoms with Gasteiger partial charge in [0.05, 0.1) is 0 Å². The van der Waals surface area contributed by atoms with Gasteiger partial charge in [-0.15, -0.1) is 0 Å². The number of rotatable bonds is 1. The lowest BCUT2D eigenvalue weighted by Crippen LogP contribution is -2.38. The van der Waals surface area contributed by atoms with E-state index in [-0.39, 0.29) is 0 Å². The normalized spacial score (nSPS) is 23.2. The molecule has 2 heteroatoms. The van der Waals surface area contributed by atoms with E-state index in [0.29, 0.717) is 0 Å². The summed E-state index contributed by atoms with van der Waals surface area (Å²) in [5.74, 6) is 0. The second-order valence-electron chi connectivity index (χ2n) is 3.57. The van der Waals surface area contributed by atoms with E-state index in [1.165, 1.54) is 45.2 Å². The Labute approximate surface area is 70.1 Å². The molecule has 0 unspecified atom stereocenters. The van der Waals surface area contributed by atoms with Gasteiger partial charge in [0.15, 0.2) is 0 Å². The number of nitrogens with zero attached hydrogens (tertiary/aromatic N) is 2. The molecule has 0 saturated carbocycles. The van der Waals surface area contributed by atoms with E-state index >= 15 is 0 Å². The minimum atomic E-state index is 1.26. The van der Waals surface area contributed by atoms with Gasteiger partial charge in [-0.1, -0.05) is 19.3 Å². The highest BCUT2D eigenvalue weighted by Gasteiger charge is 2.08. The molecule has 11 heavy (non-hydrogen) atoms. The van der Waals surface area contributed by atoms with Crippen molar-refractivity contribution in [2.24, 2.45) is 0 Å². The largest absolute Gasteiger partial charge is 0.248 e. The molecule has 0 aliphatic carbocycles. The zero-order valence-corrected chi connectivity index (χ0v) is 7.84. The summed E-state index contributed by atoms with van der Waals surface area (Å²) < 4.78 is 0. The fraction of sp³-hybridized carbons (Fsp3) is 1.00. The van der Waals surface area contributed by atoms with E-state index in [4.69, 9.17) is 0 Å². The molecule has 0 atom stereocenters. The predicted molar refractivity (Wildman–Crippen MR) is 48.3 cm³/mol. The van der Waals surface area contributed by atoms with E-state index < -0.39 is 0 Å². The summed E-state index contributed by atoms with van der Waals surface area (Å²) in [6.07, 6.45) is 7.03. The number of hydrogen-bond acceptors (Lipinski definition) is 2. The average molecular weight is 156 g/mol. The van der Waals surface area contributed by atoms with E-state index in [1.807, 2.05) is 0 Å². The fourth-order valence-corrected chi connectivity index (χ4v) is 1.63. The first-order chi connectivity index (χ1) is 5.30. The van der Waals surface area contributed by atoms with Gasteiger partial charge in [-0.25, -0.2) is 10.0 Å². The lowest BCUT2D eigenvalue weighted by molar-refractivity contribution is 0.0178. The van der Waals surface area contributed by atoms with Crippen LogP contribution in [0.25, 0.3) is 0 Å². The van der Waals surface area contributed by atoms with Crippen molar-refractivity contribution in [1.29, 1.82) is 0 Å². The van der Waals surface area contributed by atoms with Crippen molar-refractivity contribution >= 4 is 0 Å². The molecule has 0 radical (unpaired) electrons. The van der Waals surface area contributed by atoms with Crippen molar-refractivity contribution in [2.75, 3.05) is 27.2 Å². The van der Waals surface area contributed by atoms with Crippen LogP contribution in [-0.2, 0) is 0 Å². The Kier molecular flexibility index (Phi) is 3.87. The Balaban J connectivity index is 2.26. The molecule has 0 aromatic carbocycles. The van der Waals surface area contributed by atoms with Crippen molar-refractivity contribution in [3.05, 3.63) is 0 Å². The van der Waals surface area contributed by atoms with E-state index in [2.05, 4.69) is 24.1 Å². The van der Waals surface area contributed by atoms with Crippen LogP contribution in [0, 0.1) is 0 Å². The summed E-state index contributed by atoms with van der Waals surface area (Å²) in [6.45, 7) is 2.51. The summed E-state index contributed by atoms with van der Waals surface area (Å²) in [5.41, 5.74) is 0. The van der Waals surface area contributed by atoms with Crippen LogP contribution < -0.4 is 0 Å². The minimum Gasteiger partial charge on any atom is -0.248 e. The molecule has 1 heterocycles. The number of hydrogen-bond donors (Lipinski definition) is 0. The van der Waals surface area contributed by atoms with Crippen LogP contribution >= 0.6 is 0 Å². The smallest absolute Gasteiger partial charge is 0.0133 e. The molecule has 0 N–H and O–H groups in total. The summed E-state index contributed by atoms with van der Waals surface area (Å²) in [6, 6.07) is 0. The topological polar surface area (TPSA) is 6.48 Å². The van der Waals surface area contributed by atoms with Gasteiger partial charge in [-0.3, -0.25) is 0 Å². The molecular weight excluding hydrogens is 136 g/mol. The molecule has 0 amide bonds. The van der Waals surface area contributed by atoms with Crippen LogP contribution in [0.15, 0.2) is 0 Å². The Morgan fingerprint density at radius 3 is 1.73 bits per heavy atom. The Morgan fingerprint density at radius 2 is 1.27 bits per heavy atom. The fourth-order valence-electron chi connectivity index (χ4n) is 1.63. The van der Waals surface area contributed by atoms with Gasteiger partial charge >= 0.3 is 0 Å². The highest BCUT2D eigenvalue weighted by molar-refractivity contribution is 4.57. The maximum atomic E-state index is 2.44. The summed E-state index contributed by atoms with van der Waals surface area (Å²) in [4.78, 5) is 0. The van der Waals surface area contributed by atoms with E-state index in [0.717, 1.165) is 0 Å². The third-order valence-electron chi connectivity index (χ3n) is 2.40. The molecular formula is C9H20N2. The second-order valence-corrected chi connectivity index (χ2v) is 3.57. The van der Waals surface area contributed by atoms with Crippen LogP contribution in [0.3, 0.4) is 0 Å². The average Bonchev–Trinajstić information content (AvgIpc) is 1.84.